The Balaban J connectivity index is 1.44. The van der Waals surface area contributed by atoms with Crippen molar-refractivity contribution in [1.82, 2.24) is 9.78 Å². The minimum atomic E-state index is 0.417. The van der Waals surface area contributed by atoms with E-state index in [-0.39, 0.29) is 0 Å². The molecule has 0 atom stereocenters. The third-order valence-corrected chi connectivity index (χ3v) is 6.30. The summed E-state index contributed by atoms with van der Waals surface area (Å²) in [5.74, 6) is 2.26. The van der Waals surface area contributed by atoms with Crippen molar-refractivity contribution in [2.75, 3.05) is 19.0 Å². The van der Waals surface area contributed by atoms with Gasteiger partial charge in [0.15, 0.2) is 8.29 Å². The summed E-state index contributed by atoms with van der Waals surface area (Å²) in [5, 5.41) is 5.59. The topological polar surface area (TPSA) is 36.3 Å². The summed E-state index contributed by atoms with van der Waals surface area (Å²) in [6.45, 7) is 1.58. The van der Waals surface area contributed by atoms with E-state index < -0.39 is 0 Å². The highest BCUT2D eigenvalue weighted by Crippen LogP contribution is 2.27. The van der Waals surface area contributed by atoms with Crippen LogP contribution in [0.3, 0.4) is 0 Å². The Kier molecular flexibility index (Phi) is 7.84. The lowest BCUT2D eigenvalue weighted by molar-refractivity contribution is 0.290. The fraction of sp³-hybridized carbons (Fsp3) is 0.222. The molecule has 9 heteroatoms. The molecular weight excluding hydrogens is 443 g/mol. The van der Waals surface area contributed by atoms with Crippen LogP contribution in [0.1, 0.15) is 0 Å². The number of halogens is 2. The lowest BCUT2D eigenvalue weighted by Crippen LogP contribution is -2.09. The SMILES string of the molecule is S=c1sc(SCCOc2ccccc2)nn1CCOc1ccc(Cl)cc1Cl. The minimum absolute atomic E-state index is 0.417. The first-order valence-corrected chi connectivity index (χ1v) is 11.0. The van der Waals surface area contributed by atoms with Crippen LogP contribution in [-0.4, -0.2) is 28.7 Å². The third-order valence-electron chi connectivity index (χ3n) is 3.36. The van der Waals surface area contributed by atoms with Gasteiger partial charge in [-0.25, -0.2) is 4.68 Å². The quantitative estimate of drug-likeness (QED) is 0.215. The van der Waals surface area contributed by atoms with Gasteiger partial charge < -0.3 is 9.47 Å². The van der Waals surface area contributed by atoms with E-state index >= 15 is 0 Å². The van der Waals surface area contributed by atoms with Gasteiger partial charge >= 0.3 is 0 Å². The van der Waals surface area contributed by atoms with Crippen molar-refractivity contribution in [2.45, 2.75) is 10.9 Å². The molecule has 0 N–H and O–H groups in total. The van der Waals surface area contributed by atoms with Crippen LogP contribution in [0.2, 0.25) is 10.0 Å². The molecule has 1 aromatic heterocycles. The molecule has 0 aliphatic heterocycles. The second-order valence-corrected chi connectivity index (χ2v) is 9.10. The monoisotopic (exact) mass is 458 g/mol. The maximum Gasteiger partial charge on any atom is 0.180 e. The Hall–Kier alpha value is -1.25. The van der Waals surface area contributed by atoms with Gasteiger partial charge in [0.1, 0.15) is 18.1 Å². The zero-order valence-corrected chi connectivity index (χ0v) is 18.1. The van der Waals surface area contributed by atoms with Gasteiger partial charge in [-0.05, 0) is 42.5 Å². The zero-order valence-electron chi connectivity index (χ0n) is 14.1. The van der Waals surface area contributed by atoms with Gasteiger partial charge in [-0.15, -0.1) is 0 Å². The first-order chi connectivity index (χ1) is 13.1. The first kappa shape index (κ1) is 20.5. The third kappa shape index (κ3) is 6.40. The van der Waals surface area contributed by atoms with E-state index in [1.165, 1.54) is 11.3 Å². The summed E-state index contributed by atoms with van der Waals surface area (Å²) in [7, 11) is 0. The molecule has 1 heterocycles. The highest BCUT2D eigenvalue weighted by Gasteiger charge is 2.06. The molecule has 142 valence electrons. The van der Waals surface area contributed by atoms with Gasteiger partial charge in [-0.2, -0.15) is 5.10 Å². The maximum absolute atomic E-state index is 6.10. The molecule has 27 heavy (non-hydrogen) atoms. The van der Waals surface area contributed by atoms with E-state index in [4.69, 9.17) is 44.9 Å². The van der Waals surface area contributed by atoms with E-state index in [1.807, 2.05) is 30.3 Å². The van der Waals surface area contributed by atoms with Gasteiger partial charge in [0.25, 0.3) is 0 Å². The van der Waals surface area contributed by atoms with Crippen molar-refractivity contribution in [2.24, 2.45) is 0 Å². The smallest absolute Gasteiger partial charge is 0.180 e. The van der Waals surface area contributed by atoms with Crippen molar-refractivity contribution >= 4 is 58.5 Å². The number of benzene rings is 2. The van der Waals surface area contributed by atoms with Crippen LogP contribution in [0, 0.1) is 3.95 Å². The maximum atomic E-state index is 6.10. The van der Waals surface area contributed by atoms with Crippen LogP contribution in [0.25, 0.3) is 0 Å². The van der Waals surface area contributed by atoms with E-state index in [0.717, 1.165) is 15.8 Å². The van der Waals surface area contributed by atoms with Crippen molar-refractivity contribution < 1.29 is 9.47 Å². The molecule has 0 fully saturated rings. The van der Waals surface area contributed by atoms with Crippen LogP contribution in [0.5, 0.6) is 11.5 Å². The molecule has 3 aromatic rings. The molecule has 0 aliphatic carbocycles. The summed E-state index contributed by atoms with van der Waals surface area (Å²) >= 11 is 20.5. The average molecular weight is 459 g/mol. The van der Waals surface area contributed by atoms with Crippen LogP contribution >= 0.6 is 58.5 Å². The number of thioether (sulfide) groups is 1. The Morgan fingerprint density at radius 2 is 1.89 bits per heavy atom. The largest absolute Gasteiger partial charge is 0.493 e. The van der Waals surface area contributed by atoms with E-state index in [0.29, 0.717) is 39.5 Å². The van der Waals surface area contributed by atoms with Crippen molar-refractivity contribution in [3.63, 3.8) is 0 Å². The number of rotatable bonds is 9. The summed E-state index contributed by atoms with van der Waals surface area (Å²) < 4.78 is 14.8. The lowest BCUT2D eigenvalue weighted by Gasteiger charge is -2.08. The fourth-order valence-corrected chi connectivity index (χ4v) is 4.86. The Labute approximate surface area is 181 Å². The predicted octanol–water partition coefficient (Wildman–Crippen LogP) is 6.23. The van der Waals surface area contributed by atoms with Crippen molar-refractivity contribution in [3.8, 4) is 11.5 Å². The second kappa shape index (κ2) is 10.3. The van der Waals surface area contributed by atoms with E-state index in [1.54, 1.807) is 34.6 Å². The van der Waals surface area contributed by atoms with Crippen LogP contribution < -0.4 is 9.47 Å². The number of nitrogens with zero attached hydrogens (tertiary/aromatic N) is 2. The van der Waals surface area contributed by atoms with Gasteiger partial charge in [0.2, 0.25) is 0 Å². The number of hydrogen-bond acceptors (Lipinski definition) is 6. The molecule has 4 nitrogen and oxygen atoms in total. The molecule has 0 amide bonds. The highest BCUT2D eigenvalue weighted by molar-refractivity contribution is 8.01. The standard InChI is InChI=1S/C18H16Cl2N2O2S3/c19-13-6-7-16(15(20)12-13)24-9-8-22-18(25)27-17(21-22)26-11-10-23-14-4-2-1-3-5-14/h1-7,12H,8-11H2. The summed E-state index contributed by atoms with van der Waals surface area (Å²) in [6.07, 6.45) is 0. The molecule has 0 spiro atoms. The van der Waals surface area contributed by atoms with Gasteiger partial charge in [0, 0.05) is 10.8 Å². The first-order valence-electron chi connectivity index (χ1n) is 8.08. The van der Waals surface area contributed by atoms with Crippen LogP contribution in [0.15, 0.2) is 52.9 Å². The number of ether oxygens (including phenoxy) is 2. The second-order valence-electron chi connectivity index (χ2n) is 5.29. The molecule has 0 saturated heterocycles. The van der Waals surface area contributed by atoms with Crippen molar-refractivity contribution in [3.05, 3.63) is 62.5 Å². The summed E-state index contributed by atoms with van der Waals surface area (Å²) in [5.41, 5.74) is 0. The lowest BCUT2D eigenvalue weighted by atomic mass is 10.3. The normalized spacial score (nSPS) is 10.7. The number of para-hydroxylation sites is 1. The zero-order chi connectivity index (χ0) is 19.1. The van der Waals surface area contributed by atoms with E-state index in [2.05, 4.69) is 5.10 Å². The highest BCUT2D eigenvalue weighted by atomic mass is 35.5. The number of hydrogen-bond donors (Lipinski definition) is 0. The Bertz CT molecular complexity index is 932. The molecular formula is C18H16Cl2N2O2S3. The van der Waals surface area contributed by atoms with Crippen LogP contribution in [-0.2, 0) is 6.54 Å². The Morgan fingerprint density at radius 3 is 2.67 bits per heavy atom. The van der Waals surface area contributed by atoms with Gasteiger partial charge in [-0.1, -0.05) is 64.5 Å². The molecule has 0 saturated carbocycles. The van der Waals surface area contributed by atoms with Crippen LogP contribution in [0.4, 0.5) is 0 Å². The average Bonchev–Trinajstić information content (AvgIpc) is 3.01. The van der Waals surface area contributed by atoms with Gasteiger partial charge in [0.05, 0.1) is 18.2 Å². The number of aromatic nitrogens is 2. The predicted molar refractivity (Wildman–Crippen MR) is 116 cm³/mol. The van der Waals surface area contributed by atoms with E-state index in [9.17, 15) is 0 Å². The van der Waals surface area contributed by atoms with Crippen molar-refractivity contribution in [1.29, 1.82) is 0 Å². The molecule has 0 bridgehead atoms. The minimum Gasteiger partial charge on any atom is -0.493 e. The molecule has 0 unspecified atom stereocenters. The molecule has 2 aromatic carbocycles. The Morgan fingerprint density at radius 1 is 1.07 bits per heavy atom. The molecule has 0 radical (unpaired) electrons. The van der Waals surface area contributed by atoms with Gasteiger partial charge in [-0.3, -0.25) is 0 Å². The molecule has 0 aliphatic rings. The fourth-order valence-electron chi connectivity index (χ4n) is 2.13. The summed E-state index contributed by atoms with van der Waals surface area (Å²) in [6, 6.07) is 14.9. The molecule has 3 rings (SSSR count). The summed E-state index contributed by atoms with van der Waals surface area (Å²) in [4.78, 5) is 0.